The van der Waals surface area contributed by atoms with E-state index >= 15 is 0 Å². The van der Waals surface area contributed by atoms with Gasteiger partial charge in [0, 0.05) is 24.8 Å². The molecule has 2 rings (SSSR count). The van der Waals surface area contributed by atoms with E-state index in [1.165, 1.54) is 6.92 Å². The molecule has 0 bridgehead atoms. The zero-order chi connectivity index (χ0) is 15.0. The Hall–Kier alpha value is -1.38. The van der Waals surface area contributed by atoms with Gasteiger partial charge in [0.05, 0.1) is 0 Å². The summed E-state index contributed by atoms with van der Waals surface area (Å²) in [5, 5.41) is 0. The number of hydrogen-bond donors (Lipinski definition) is 0. The number of carbonyl (C=O) groups excluding carboxylic acids is 2. The van der Waals surface area contributed by atoms with Crippen LogP contribution in [0.15, 0.2) is 22.8 Å². The molecule has 110 valence electrons. The molecule has 0 amide bonds. The molecule has 0 aromatic rings. The molecule has 0 heterocycles. The quantitative estimate of drug-likeness (QED) is 0.418. The van der Waals surface area contributed by atoms with Gasteiger partial charge < -0.3 is 4.74 Å². The highest BCUT2D eigenvalue weighted by Gasteiger charge is 2.42. The molecule has 3 nitrogen and oxygen atoms in total. The molecule has 0 radical (unpaired) electrons. The van der Waals surface area contributed by atoms with Crippen LogP contribution in [0.2, 0.25) is 0 Å². The van der Waals surface area contributed by atoms with E-state index in [1.54, 1.807) is 0 Å². The lowest BCUT2D eigenvalue weighted by Gasteiger charge is -2.42. The van der Waals surface area contributed by atoms with Gasteiger partial charge in [-0.3, -0.25) is 9.59 Å². The fourth-order valence-corrected chi connectivity index (χ4v) is 3.67. The molecule has 0 spiro atoms. The maximum atomic E-state index is 12.3. The third-order valence-electron chi connectivity index (χ3n) is 4.62. The summed E-state index contributed by atoms with van der Waals surface area (Å²) in [5.41, 5.74) is 3.17. The summed E-state index contributed by atoms with van der Waals surface area (Å²) >= 11 is 0. The summed E-state index contributed by atoms with van der Waals surface area (Å²) in [6, 6.07) is 0. The third kappa shape index (κ3) is 2.72. The van der Waals surface area contributed by atoms with Crippen LogP contribution in [0.3, 0.4) is 0 Å². The molecule has 0 N–H and O–H groups in total. The highest BCUT2D eigenvalue weighted by atomic mass is 16.5. The molecule has 0 saturated heterocycles. The van der Waals surface area contributed by atoms with E-state index in [9.17, 15) is 9.59 Å². The summed E-state index contributed by atoms with van der Waals surface area (Å²) in [6.07, 6.45) is 3.47. The van der Waals surface area contributed by atoms with Crippen LogP contribution in [0.25, 0.3) is 0 Å². The smallest absolute Gasteiger partial charge is 0.303 e. The van der Waals surface area contributed by atoms with Crippen molar-refractivity contribution < 1.29 is 14.3 Å². The largest absolute Gasteiger partial charge is 0.458 e. The second kappa shape index (κ2) is 5.55. The molecule has 20 heavy (non-hydrogen) atoms. The van der Waals surface area contributed by atoms with Gasteiger partial charge in [0.2, 0.25) is 0 Å². The number of fused-ring (bicyclic) bond motifs is 1. The second-order valence-electron chi connectivity index (χ2n) is 6.45. The highest BCUT2D eigenvalue weighted by Crippen LogP contribution is 2.45. The molecule has 0 aliphatic heterocycles. The van der Waals surface area contributed by atoms with Crippen molar-refractivity contribution in [3.05, 3.63) is 22.8 Å². The zero-order valence-corrected chi connectivity index (χ0v) is 13.0. The summed E-state index contributed by atoms with van der Waals surface area (Å²) in [5.74, 6) is 0.989. The first-order valence-electron chi connectivity index (χ1n) is 7.37. The first-order valence-corrected chi connectivity index (χ1v) is 7.37. The van der Waals surface area contributed by atoms with E-state index in [-0.39, 0.29) is 23.8 Å². The van der Waals surface area contributed by atoms with Gasteiger partial charge in [0.1, 0.15) is 6.10 Å². The lowest BCUT2D eigenvalue weighted by molar-refractivity contribution is -0.146. The summed E-state index contributed by atoms with van der Waals surface area (Å²) < 4.78 is 5.42. The second-order valence-corrected chi connectivity index (χ2v) is 6.45. The summed E-state index contributed by atoms with van der Waals surface area (Å²) in [7, 11) is 0. The Kier molecular flexibility index (Phi) is 4.17. The number of rotatable bonds is 1. The molecular weight excluding hydrogens is 252 g/mol. The van der Waals surface area contributed by atoms with Crippen molar-refractivity contribution in [3.8, 4) is 0 Å². The molecule has 0 unspecified atom stereocenters. The predicted molar refractivity (Wildman–Crippen MR) is 78.1 cm³/mol. The molecule has 2 aliphatic rings. The van der Waals surface area contributed by atoms with Crippen LogP contribution in [0, 0.1) is 17.8 Å². The van der Waals surface area contributed by atoms with Gasteiger partial charge in [-0.25, -0.2) is 0 Å². The molecule has 0 aromatic carbocycles. The number of hydrogen-bond acceptors (Lipinski definition) is 3. The maximum Gasteiger partial charge on any atom is 0.303 e. The van der Waals surface area contributed by atoms with E-state index in [2.05, 4.69) is 13.0 Å². The van der Waals surface area contributed by atoms with Gasteiger partial charge in [-0.1, -0.05) is 18.6 Å². The maximum absolute atomic E-state index is 12.3. The third-order valence-corrected chi connectivity index (χ3v) is 4.62. The minimum Gasteiger partial charge on any atom is -0.458 e. The number of esters is 1. The molecule has 1 fully saturated rings. The molecule has 1 saturated carbocycles. The average Bonchev–Trinajstić information content (AvgIpc) is 2.30. The molecule has 2 aliphatic carbocycles. The van der Waals surface area contributed by atoms with Crippen molar-refractivity contribution in [1.29, 1.82) is 0 Å². The number of ketones is 1. The van der Waals surface area contributed by atoms with E-state index in [1.807, 2.05) is 20.8 Å². The Morgan fingerprint density at radius 2 is 1.95 bits per heavy atom. The number of carbonyl (C=O) groups is 2. The lowest BCUT2D eigenvalue weighted by Crippen LogP contribution is -2.40. The van der Waals surface area contributed by atoms with Crippen LogP contribution >= 0.6 is 0 Å². The van der Waals surface area contributed by atoms with Gasteiger partial charge in [-0.2, -0.15) is 0 Å². The lowest BCUT2D eigenvalue weighted by atomic mass is 9.63. The number of allylic oxidation sites excluding steroid dienone is 3. The van der Waals surface area contributed by atoms with Crippen LogP contribution < -0.4 is 0 Å². The minimum atomic E-state index is -0.233. The molecule has 0 aromatic heterocycles. The van der Waals surface area contributed by atoms with Gasteiger partial charge in [0.15, 0.2) is 5.78 Å². The Morgan fingerprint density at radius 3 is 2.50 bits per heavy atom. The van der Waals surface area contributed by atoms with Gasteiger partial charge in [-0.05, 0) is 44.6 Å². The van der Waals surface area contributed by atoms with Crippen molar-refractivity contribution in [2.75, 3.05) is 0 Å². The molecule has 3 heteroatoms. The fourth-order valence-electron chi connectivity index (χ4n) is 3.67. The predicted octanol–water partition coefficient (Wildman–Crippen LogP) is 3.45. The monoisotopic (exact) mass is 276 g/mol. The van der Waals surface area contributed by atoms with E-state index in [0.29, 0.717) is 18.3 Å². The van der Waals surface area contributed by atoms with Crippen molar-refractivity contribution in [2.45, 2.75) is 53.6 Å². The Bertz CT molecular complexity index is 494. The Balaban J connectivity index is 2.37. The van der Waals surface area contributed by atoms with Gasteiger partial charge >= 0.3 is 5.97 Å². The van der Waals surface area contributed by atoms with Crippen molar-refractivity contribution in [2.24, 2.45) is 17.8 Å². The minimum absolute atomic E-state index is 0.122. The van der Waals surface area contributed by atoms with Crippen LogP contribution in [-0.4, -0.2) is 17.9 Å². The van der Waals surface area contributed by atoms with Crippen LogP contribution in [0.5, 0.6) is 0 Å². The number of Topliss-reactive ketones (excluding diaryl/α,β-unsaturated/α-hetero) is 1. The van der Waals surface area contributed by atoms with Crippen molar-refractivity contribution in [3.63, 3.8) is 0 Å². The van der Waals surface area contributed by atoms with E-state index in [0.717, 1.165) is 23.1 Å². The Labute approximate surface area is 121 Å². The normalized spacial score (nSPS) is 33.4. The van der Waals surface area contributed by atoms with E-state index in [4.69, 9.17) is 4.74 Å². The van der Waals surface area contributed by atoms with E-state index < -0.39 is 0 Å². The first-order chi connectivity index (χ1) is 9.31. The summed E-state index contributed by atoms with van der Waals surface area (Å²) in [6.45, 7) is 9.62. The van der Waals surface area contributed by atoms with Crippen molar-refractivity contribution in [1.82, 2.24) is 0 Å². The SMILES string of the molecule is CC(=O)O[C@@H]1C[C@@H]2[C@@H](C)CC(=O)C(=C(C)C)[C@@H]2C=C1C. The van der Waals surface area contributed by atoms with Crippen LogP contribution in [-0.2, 0) is 14.3 Å². The highest BCUT2D eigenvalue weighted by molar-refractivity contribution is 5.98. The average molecular weight is 276 g/mol. The fraction of sp³-hybridized carbons (Fsp3) is 0.647. The van der Waals surface area contributed by atoms with Gasteiger partial charge in [0.25, 0.3) is 0 Å². The van der Waals surface area contributed by atoms with Crippen LogP contribution in [0.4, 0.5) is 0 Å². The topological polar surface area (TPSA) is 43.4 Å². The summed E-state index contributed by atoms with van der Waals surface area (Å²) in [4.78, 5) is 23.5. The standard InChI is InChI=1S/C17H24O3/c1-9(2)17-14-6-11(4)16(20-12(5)18)8-13(14)10(3)7-15(17)19/h6,10,13-14,16H,7-8H2,1-5H3/t10-,13+,14+,16+/m0/s1. The Morgan fingerprint density at radius 1 is 1.30 bits per heavy atom. The van der Waals surface area contributed by atoms with Crippen LogP contribution in [0.1, 0.15) is 47.5 Å². The number of ether oxygens (including phenoxy) is 1. The first kappa shape index (κ1) is 15.0. The molecule has 4 atom stereocenters. The zero-order valence-electron chi connectivity index (χ0n) is 13.0. The van der Waals surface area contributed by atoms with Crippen molar-refractivity contribution >= 4 is 11.8 Å². The molecular formula is C17H24O3. The van der Waals surface area contributed by atoms with Gasteiger partial charge in [-0.15, -0.1) is 0 Å².